The molecule has 1 spiro atoms. The standard InChI is InChI=1S/C45H48ClN7O6/c1-25-16-26(2)47-22-35(25)33-17-29-18-38(48-23-36(29)27(3)40(33)46)49-44(58)59-31-20-45(21-31)10-14-51(15-11-45)24-28-8-12-52(13-9-28)30-4-5-32-34(19-30)43(57)53(42(32)56)37-6-7-39(54)50-41(37)55/h4-5,16-19,22-23,28,31,37H,6-15,20-21,24H2,1-3H3,(H,48,49,58)(H,50,54,55). The minimum Gasteiger partial charge on any atom is -0.446 e. The highest BCUT2D eigenvalue weighted by molar-refractivity contribution is 6.35. The highest BCUT2D eigenvalue weighted by Crippen LogP contribution is 2.50. The molecule has 5 amide bonds. The van der Waals surface area contributed by atoms with Crippen molar-refractivity contribution in [2.75, 3.05) is 42.9 Å². The summed E-state index contributed by atoms with van der Waals surface area (Å²) in [5, 5.41) is 7.60. The molecule has 0 bridgehead atoms. The van der Waals surface area contributed by atoms with Gasteiger partial charge in [-0.05, 0) is 143 Å². The number of pyridine rings is 2. The molecule has 1 aliphatic carbocycles. The second-order valence-electron chi connectivity index (χ2n) is 17.3. The summed E-state index contributed by atoms with van der Waals surface area (Å²) in [6.45, 7) is 10.8. The van der Waals surface area contributed by atoms with Crippen molar-refractivity contribution in [3.05, 3.63) is 81.8 Å². The van der Waals surface area contributed by atoms with Gasteiger partial charge in [-0.3, -0.25) is 39.7 Å². The van der Waals surface area contributed by atoms with E-state index in [0.717, 1.165) is 121 Å². The molecule has 9 rings (SSSR count). The van der Waals surface area contributed by atoms with Gasteiger partial charge in [-0.15, -0.1) is 0 Å². The van der Waals surface area contributed by atoms with Gasteiger partial charge in [-0.1, -0.05) is 11.6 Å². The van der Waals surface area contributed by atoms with Gasteiger partial charge in [0.25, 0.3) is 11.8 Å². The normalized spacial score (nSPS) is 21.2. The van der Waals surface area contributed by atoms with Gasteiger partial charge in [0.1, 0.15) is 18.0 Å². The molecule has 4 fully saturated rings. The molecule has 4 aromatic rings. The molecule has 306 valence electrons. The molecule has 2 aromatic heterocycles. The van der Waals surface area contributed by atoms with Crippen molar-refractivity contribution in [1.82, 2.24) is 25.1 Å². The number of ether oxygens (including phenoxy) is 1. The first-order valence-corrected chi connectivity index (χ1v) is 21.1. The van der Waals surface area contributed by atoms with Crippen LogP contribution in [0.5, 0.6) is 0 Å². The fourth-order valence-electron chi connectivity index (χ4n) is 9.97. The number of imide groups is 2. The average Bonchev–Trinajstić information content (AvgIpc) is 3.44. The molecular weight excluding hydrogens is 770 g/mol. The van der Waals surface area contributed by atoms with Crippen LogP contribution in [0.1, 0.15) is 88.9 Å². The van der Waals surface area contributed by atoms with Crippen molar-refractivity contribution >= 4 is 63.6 Å². The van der Waals surface area contributed by atoms with Gasteiger partial charge < -0.3 is 14.5 Å². The van der Waals surface area contributed by atoms with Crippen LogP contribution in [0.15, 0.2) is 48.8 Å². The first kappa shape index (κ1) is 39.1. The van der Waals surface area contributed by atoms with Crippen molar-refractivity contribution in [3.63, 3.8) is 0 Å². The van der Waals surface area contributed by atoms with Crippen molar-refractivity contribution in [3.8, 4) is 11.1 Å². The van der Waals surface area contributed by atoms with Gasteiger partial charge in [0.05, 0.1) is 16.1 Å². The van der Waals surface area contributed by atoms with Gasteiger partial charge in [-0.25, -0.2) is 9.78 Å². The predicted octanol–water partition coefficient (Wildman–Crippen LogP) is 6.99. The molecule has 2 N–H and O–H groups in total. The lowest BCUT2D eigenvalue weighted by molar-refractivity contribution is -0.136. The Bertz CT molecular complexity index is 2410. The van der Waals surface area contributed by atoms with Crippen molar-refractivity contribution in [2.45, 2.75) is 84.3 Å². The number of nitrogens with zero attached hydrogens (tertiary/aromatic N) is 5. The van der Waals surface area contributed by atoms with E-state index in [1.54, 1.807) is 18.3 Å². The van der Waals surface area contributed by atoms with Crippen LogP contribution < -0.4 is 15.5 Å². The van der Waals surface area contributed by atoms with Gasteiger partial charge >= 0.3 is 6.09 Å². The minimum absolute atomic E-state index is 0.0942. The lowest BCUT2D eigenvalue weighted by Crippen LogP contribution is -2.54. The number of halogens is 1. The molecule has 1 saturated carbocycles. The quantitative estimate of drug-likeness (QED) is 0.187. The van der Waals surface area contributed by atoms with Crippen LogP contribution in [-0.4, -0.2) is 94.4 Å². The fourth-order valence-corrected chi connectivity index (χ4v) is 10.2. The lowest BCUT2D eigenvalue weighted by Gasteiger charge is -2.51. The van der Waals surface area contributed by atoms with Crippen molar-refractivity contribution in [1.29, 1.82) is 0 Å². The number of aryl methyl sites for hydroxylation is 3. The summed E-state index contributed by atoms with van der Waals surface area (Å²) in [5.41, 5.74) is 6.57. The number of fused-ring (bicyclic) bond motifs is 2. The van der Waals surface area contributed by atoms with Crippen molar-refractivity contribution in [2.24, 2.45) is 11.3 Å². The monoisotopic (exact) mass is 817 g/mol. The maximum Gasteiger partial charge on any atom is 0.413 e. The molecule has 1 atom stereocenters. The number of nitrogens with one attached hydrogen (secondary N) is 2. The Hall–Kier alpha value is -5.40. The van der Waals surface area contributed by atoms with Gasteiger partial charge in [0.2, 0.25) is 11.8 Å². The van der Waals surface area contributed by atoms with Crippen LogP contribution in [0, 0.1) is 32.1 Å². The third-order valence-electron chi connectivity index (χ3n) is 13.4. The smallest absolute Gasteiger partial charge is 0.413 e. The Morgan fingerprint density at radius 1 is 0.881 bits per heavy atom. The third-order valence-corrected chi connectivity index (χ3v) is 13.9. The maximum absolute atomic E-state index is 13.3. The molecule has 6 heterocycles. The Kier molecular flexibility index (Phi) is 10.2. The van der Waals surface area contributed by atoms with E-state index in [2.05, 4.69) is 37.3 Å². The van der Waals surface area contributed by atoms with Gasteiger partial charge in [-0.2, -0.15) is 0 Å². The lowest BCUT2D eigenvalue weighted by atomic mass is 9.61. The largest absolute Gasteiger partial charge is 0.446 e. The first-order valence-electron chi connectivity index (χ1n) is 20.7. The zero-order valence-corrected chi connectivity index (χ0v) is 34.4. The molecule has 0 radical (unpaired) electrons. The minimum atomic E-state index is -0.969. The van der Waals surface area contributed by atoms with E-state index in [9.17, 15) is 24.0 Å². The highest BCUT2D eigenvalue weighted by Gasteiger charge is 2.48. The van der Waals surface area contributed by atoms with Gasteiger partial charge in [0, 0.05) is 66.3 Å². The number of amides is 5. The fraction of sp³-hybridized carbons (Fsp3) is 0.444. The molecule has 1 unspecified atom stereocenters. The number of carbonyl (C=O) groups is 5. The third kappa shape index (κ3) is 7.43. The molecule has 5 aliphatic rings. The second kappa shape index (κ2) is 15.3. The summed E-state index contributed by atoms with van der Waals surface area (Å²) >= 11 is 6.83. The molecule has 3 saturated heterocycles. The van der Waals surface area contributed by atoms with Crippen molar-refractivity contribution < 1.29 is 28.7 Å². The SMILES string of the molecule is Cc1cc(C)c(-c2cc3cc(NC(=O)OC4CC5(CCN(CC6CCN(c7ccc8c(c7)C(=O)N(C7CCC(=O)NC7=O)C8=O)CC6)CC5)C4)ncc3c(C)c2Cl)cn1. The summed E-state index contributed by atoms with van der Waals surface area (Å²) in [4.78, 5) is 78.4. The van der Waals surface area contributed by atoms with E-state index in [1.807, 2.05) is 44.3 Å². The summed E-state index contributed by atoms with van der Waals surface area (Å²) in [5.74, 6) is -0.956. The Morgan fingerprint density at radius 3 is 2.36 bits per heavy atom. The molecule has 59 heavy (non-hydrogen) atoms. The predicted molar refractivity (Wildman–Crippen MR) is 223 cm³/mol. The van der Waals surface area contributed by atoms with E-state index in [1.165, 1.54) is 0 Å². The molecule has 14 heteroatoms. The highest BCUT2D eigenvalue weighted by atomic mass is 35.5. The topological polar surface area (TPSA) is 154 Å². The molecule has 4 aliphatic heterocycles. The van der Waals surface area contributed by atoms with Crippen LogP contribution in [0.4, 0.5) is 16.3 Å². The van der Waals surface area contributed by atoms with E-state index >= 15 is 0 Å². The molecule has 13 nitrogen and oxygen atoms in total. The summed E-state index contributed by atoms with van der Waals surface area (Å²) < 4.78 is 5.86. The summed E-state index contributed by atoms with van der Waals surface area (Å²) in [6, 6.07) is 10.3. The number of carbonyl (C=O) groups excluding carboxylic acids is 5. The van der Waals surface area contributed by atoms with E-state index in [4.69, 9.17) is 16.3 Å². The number of rotatable bonds is 7. The van der Waals surface area contributed by atoms with Crippen LogP contribution >= 0.6 is 11.6 Å². The zero-order chi connectivity index (χ0) is 41.2. The number of benzene rings is 2. The van der Waals surface area contributed by atoms with E-state index in [-0.39, 0.29) is 30.3 Å². The first-order chi connectivity index (χ1) is 28.3. The number of hydrogen-bond acceptors (Lipinski definition) is 10. The molecule has 2 aromatic carbocycles. The Morgan fingerprint density at radius 2 is 1.63 bits per heavy atom. The van der Waals surface area contributed by atoms with Gasteiger partial charge in [0.15, 0.2) is 0 Å². The summed E-state index contributed by atoms with van der Waals surface area (Å²) in [7, 11) is 0. The summed E-state index contributed by atoms with van der Waals surface area (Å²) in [6.07, 6.45) is 9.25. The Labute approximate surface area is 347 Å². The number of piperidine rings is 3. The second-order valence-corrected chi connectivity index (χ2v) is 17.6. The maximum atomic E-state index is 13.3. The van der Waals surface area contributed by atoms with Crippen LogP contribution in [0.3, 0.4) is 0 Å². The number of likely N-dealkylation sites (tertiary alicyclic amines) is 1. The number of hydrogen-bond donors (Lipinski definition) is 2. The Balaban J connectivity index is 0.728. The van der Waals surface area contributed by atoms with Crippen LogP contribution in [-0.2, 0) is 14.3 Å². The zero-order valence-electron chi connectivity index (χ0n) is 33.6. The van der Waals surface area contributed by atoms with Crippen LogP contribution in [0.2, 0.25) is 5.02 Å². The van der Waals surface area contributed by atoms with E-state index < -0.39 is 29.9 Å². The number of anilines is 2. The average molecular weight is 818 g/mol. The van der Waals surface area contributed by atoms with E-state index in [0.29, 0.717) is 27.9 Å². The number of aromatic nitrogens is 2. The molecular formula is C45H48ClN7O6. The van der Waals surface area contributed by atoms with Crippen LogP contribution in [0.25, 0.3) is 21.9 Å².